The minimum atomic E-state index is -0.627. The molecule has 3 aromatic rings. The van der Waals surface area contributed by atoms with E-state index < -0.39 is 10.8 Å². The van der Waals surface area contributed by atoms with Gasteiger partial charge in [0.05, 0.1) is 15.1 Å². The molecule has 0 saturated carbocycles. The average Bonchev–Trinajstić information content (AvgIpc) is 3.01. The van der Waals surface area contributed by atoms with Crippen molar-refractivity contribution >= 4 is 49.9 Å². The molecule has 0 spiro atoms. The van der Waals surface area contributed by atoms with Gasteiger partial charge < -0.3 is 0 Å². The van der Waals surface area contributed by atoms with Crippen LogP contribution >= 0.6 is 22.9 Å². The summed E-state index contributed by atoms with van der Waals surface area (Å²) in [5.41, 5.74) is 1.60. The molecule has 6 nitrogen and oxygen atoms in total. The van der Waals surface area contributed by atoms with Gasteiger partial charge in [-0.1, -0.05) is 42.9 Å². The molecule has 26 heavy (non-hydrogen) atoms. The number of amides is 1. The molecular weight excluding hydrogens is 374 g/mol. The lowest BCUT2D eigenvalue weighted by atomic mass is 9.99. The summed E-state index contributed by atoms with van der Waals surface area (Å²) in [4.78, 5) is 27.4. The van der Waals surface area contributed by atoms with Gasteiger partial charge in [-0.05, 0) is 42.2 Å². The number of nitrogens with one attached hydrogen (secondary N) is 1. The molecule has 1 atom stereocenters. The van der Waals surface area contributed by atoms with Crippen LogP contribution in [0.4, 0.5) is 10.8 Å². The zero-order valence-corrected chi connectivity index (χ0v) is 15.7. The zero-order valence-electron chi connectivity index (χ0n) is 14.2. The van der Waals surface area contributed by atoms with Crippen molar-refractivity contribution in [1.82, 2.24) is 4.98 Å². The van der Waals surface area contributed by atoms with Crippen LogP contribution in [0.15, 0.2) is 36.4 Å². The highest BCUT2D eigenvalue weighted by molar-refractivity contribution is 7.22. The fourth-order valence-corrected chi connectivity index (χ4v) is 3.62. The fraction of sp³-hybridized carbons (Fsp3) is 0.222. The Hall–Kier alpha value is -2.51. The Morgan fingerprint density at radius 1 is 1.35 bits per heavy atom. The van der Waals surface area contributed by atoms with Crippen molar-refractivity contribution in [2.75, 3.05) is 5.32 Å². The highest BCUT2D eigenvalue weighted by Crippen LogP contribution is 2.31. The maximum Gasteiger partial charge on any atom is 0.283 e. The first-order valence-electron chi connectivity index (χ1n) is 8.04. The monoisotopic (exact) mass is 389 g/mol. The maximum atomic E-state index is 12.5. The Morgan fingerprint density at radius 3 is 2.81 bits per heavy atom. The maximum absolute atomic E-state index is 12.5. The number of benzene rings is 2. The summed E-state index contributed by atoms with van der Waals surface area (Å²) < 4.78 is 0.962. The first-order valence-corrected chi connectivity index (χ1v) is 9.24. The van der Waals surface area contributed by atoms with E-state index in [4.69, 9.17) is 11.6 Å². The van der Waals surface area contributed by atoms with Crippen LogP contribution in [0, 0.1) is 10.1 Å². The van der Waals surface area contributed by atoms with E-state index in [1.807, 2.05) is 12.1 Å². The van der Waals surface area contributed by atoms with Crippen molar-refractivity contribution in [2.45, 2.75) is 26.2 Å². The Balaban J connectivity index is 1.89. The van der Waals surface area contributed by atoms with Crippen molar-refractivity contribution < 1.29 is 9.72 Å². The third-order valence-corrected chi connectivity index (χ3v) is 5.38. The molecule has 8 heteroatoms. The van der Waals surface area contributed by atoms with E-state index in [1.165, 1.54) is 29.0 Å². The first kappa shape index (κ1) is 18.3. The molecule has 0 bridgehead atoms. The van der Waals surface area contributed by atoms with Gasteiger partial charge in [0.25, 0.3) is 11.6 Å². The Morgan fingerprint density at radius 2 is 2.12 bits per heavy atom. The molecule has 2 aromatic carbocycles. The average molecular weight is 390 g/mol. The molecule has 0 aliphatic rings. The molecule has 1 N–H and O–H groups in total. The van der Waals surface area contributed by atoms with E-state index in [2.05, 4.69) is 30.2 Å². The fourth-order valence-electron chi connectivity index (χ4n) is 2.55. The lowest BCUT2D eigenvalue weighted by Gasteiger charge is -2.07. The van der Waals surface area contributed by atoms with Gasteiger partial charge in [-0.25, -0.2) is 4.98 Å². The van der Waals surface area contributed by atoms with Crippen molar-refractivity contribution in [3.63, 3.8) is 0 Å². The molecule has 0 aliphatic carbocycles. The quantitative estimate of drug-likeness (QED) is 0.453. The van der Waals surface area contributed by atoms with E-state index in [0.29, 0.717) is 11.0 Å². The minimum Gasteiger partial charge on any atom is -0.298 e. The Kier molecular flexibility index (Phi) is 5.20. The minimum absolute atomic E-state index is 0.0565. The van der Waals surface area contributed by atoms with Crippen LogP contribution in [0.5, 0.6) is 0 Å². The number of nitro groups is 1. The van der Waals surface area contributed by atoms with Gasteiger partial charge in [-0.2, -0.15) is 0 Å². The van der Waals surface area contributed by atoms with E-state index >= 15 is 0 Å². The van der Waals surface area contributed by atoms with E-state index in [0.717, 1.165) is 22.7 Å². The summed E-state index contributed by atoms with van der Waals surface area (Å²) in [5, 5.41) is 14.4. The highest BCUT2D eigenvalue weighted by atomic mass is 35.5. The molecule has 1 unspecified atom stereocenters. The molecule has 0 fully saturated rings. The molecule has 134 valence electrons. The predicted molar refractivity (Wildman–Crippen MR) is 104 cm³/mol. The van der Waals surface area contributed by atoms with Crippen LogP contribution < -0.4 is 5.32 Å². The van der Waals surface area contributed by atoms with E-state index in [1.54, 1.807) is 0 Å². The second-order valence-electron chi connectivity index (χ2n) is 5.93. The third kappa shape index (κ3) is 3.68. The van der Waals surface area contributed by atoms with Gasteiger partial charge >= 0.3 is 0 Å². The topological polar surface area (TPSA) is 85.1 Å². The van der Waals surface area contributed by atoms with Crippen LogP contribution in [0.25, 0.3) is 10.2 Å². The Bertz CT molecular complexity index is 1000. The smallest absolute Gasteiger partial charge is 0.283 e. The van der Waals surface area contributed by atoms with Crippen LogP contribution in [0.3, 0.4) is 0 Å². The number of fused-ring (bicyclic) bond motifs is 1. The Labute approximate surface area is 159 Å². The molecule has 3 rings (SSSR count). The van der Waals surface area contributed by atoms with Crippen molar-refractivity contribution in [3.8, 4) is 0 Å². The summed E-state index contributed by atoms with van der Waals surface area (Å²) in [6, 6.07) is 9.97. The number of hydrogen-bond donors (Lipinski definition) is 1. The lowest BCUT2D eigenvalue weighted by Crippen LogP contribution is -2.13. The molecule has 1 heterocycles. The number of hydrogen-bond acceptors (Lipinski definition) is 5. The number of aromatic nitrogens is 1. The third-order valence-electron chi connectivity index (χ3n) is 4.22. The lowest BCUT2D eigenvalue weighted by molar-refractivity contribution is -0.385. The van der Waals surface area contributed by atoms with Gasteiger partial charge in [-0.15, -0.1) is 0 Å². The summed E-state index contributed by atoms with van der Waals surface area (Å²) in [6.45, 7) is 4.29. The van der Waals surface area contributed by atoms with Gasteiger partial charge in [0, 0.05) is 11.1 Å². The van der Waals surface area contributed by atoms with Gasteiger partial charge in [0.2, 0.25) is 0 Å². The number of anilines is 1. The number of thiazole rings is 1. The second-order valence-corrected chi connectivity index (χ2v) is 7.40. The normalized spacial score (nSPS) is 12.1. The van der Waals surface area contributed by atoms with Crippen molar-refractivity contribution in [1.29, 1.82) is 0 Å². The molecule has 0 radical (unpaired) electrons. The molecular formula is C18H16ClN3O3S. The summed E-state index contributed by atoms with van der Waals surface area (Å²) in [5.74, 6) is -0.147. The van der Waals surface area contributed by atoms with Gasteiger partial charge in [-0.3, -0.25) is 20.2 Å². The molecule has 0 saturated heterocycles. The van der Waals surface area contributed by atoms with Crippen LogP contribution in [0.1, 0.15) is 42.1 Å². The van der Waals surface area contributed by atoms with Gasteiger partial charge in [0.15, 0.2) is 5.13 Å². The summed E-state index contributed by atoms with van der Waals surface area (Å²) in [7, 11) is 0. The van der Waals surface area contributed by atoms with Crippen LogP contribution in [-0.4, -0.2) is 15.8 Å². The molecule has 1 aromatic heterocycles. The van der Waals surface area contributed by atoms with E-state index in [9.17, 15) is 14.9 Å². The van der Waals surface area contributed by atoms with Crippen LogP contribution in [-0.2, 0) is 0 Å². The zero-order chi connectivity index (χ0) is 18.8. The predicted octanol–water partition coefficient (Wildman–Crippen LogP) is 5.62. The number of rotatable bonds is 5. The summed E-state index contributed by atoms with van der Waals surface area (Å²) >= 11 is 7.13. The van der Waals surface area contributed by atoms with Crippen molar-refractivity contribution in [3.05, 3.63) is 62.7 Å². The largest absolute Gasteiger partial charge is 0.298 e. The molecule has 1 amide bonds. The number of carbonyl (C=O) groups excluding carboxylic acids is 1. The number of carbonyl (C=O) groups is 1. The van der Waals surface area contributed by atoms with Crippen LogP contribution in [0.2, 0.25) is 5.02 Å². The van der Waals surface area contributed by atoms with E-state index in [-0.39, 0.29) is 16.3 Å². The van der Waals surface area contributed by atoms with Gasteiger partial charge in [0.1, 0.15) is 5.56 Å². The SMILES string of the molecule is CCC(C)c1ccc2nc(NC(=O)c3ccc(Cl)cc3[N+](=O)[O-])sc2c1. The second kappa shape index (κ2) is 7.39. The highest BCUT2D eigenvalue weighted by Gasteiger charge is 2.21. The standard InChI is InChI=1S/C18H16ClN3O3S/c1-3-10(2)11-4-7-14-16(8-11)26-18(20-14)21-17(23)13-6-5-12(19)9-15(13)22(24)25/h4-10H,3H2,1-2H3,(H,20,21,23). The number of nitrogens with zero attached hydrogens (tertiary/aromatic N) is 2. The first-order chi connectivity index (χ1) is 12.4. The van der Waals surface area contributed by atoms with Crippen molar-refractivity contribution in [2.24, 2.45) is 0 Å². The summed E-state index contributed by atoms with van der Waals surface area (Å²) in [6.07, 6.45) is 1.04. The number of nitro benzene ring substituents is 1. The number of halogens is 1. The molecule has 0 aliphatic heterocycles.